The van der Waals surface area contributed by atoms with Crippen molar-refractivity contribution in [3.8, 4) is 0 Å². The molecule has 4 nitrogen and oxygen atoms in total. The Kier molecular flexibility index (Phi) is 3.75. The Morgan fingerprint density at radius 2 is 2.24 bits per heavy atom. The van der Waals surface area contributed by atoms with Crippen LogP contribution < -0.4 is 10.2 Å². The molecule has 0 spiro atoms. The van der Waals surface area contributed by atoms with Crippen LogP contribution in [0.4, 0.5) is 5.69 Å². The van der Waals surface area contributed by atoms with Gasteiger partial charge in [0.2, 0.25) is 11.8 Å². The van der Waals surface area contributed by atoms with Crippen LogP contribution in [0.1, 0.15) is 16.0 Å². The number of nitrogens with one attached hydrogen (secondary N) is 1. The fourth-order valence-electron chi connectivity index (χ4n) is 2.47. The molecule has 0 aliphatic carbocycles. The summed E-state index contributed by atoms with van der Waals surface area (Å²) in [6.45, 7) is 0.495. The molecule has 3 rings (SSSR count). The number of carbonyl (C=O) groups excluding carboxylic acids is 2. The van der Waals surface area contributed by atoms with Crippen LogP contribution in [-0.2, 0) is 29.0 Å². The summed E-state index contributed by atoms with van der Waals surface area (Å²) in [6, 6.07) is 9.81. The molecule has 0 bridgehead atoms. The Labute approximate surface area is 127 Å². The number of hydrogen-bond donors (Lipinski definition) is 1. The summed E-state index contributed by atoms with van der Waals surface area (Å²) >= 11 is 1.59. The first-order valence-corrected chi connectivity index (χ1v) is 7.69. The summed E-state index contributed by atoms with van der Waals surface area (Å²) < 4.78 is 0. The second-order valence-corrected chi connectivity index (χ2v) is 6.16. The summed E-state index contributed by atoms with van der Waals surface area (Å²) in [6.07, 6.45) is 0.868. The van der Waals surface area contributed by atoms with Crippen LogP contribution in [0.2, 0.25) is 0 Å². The Hall–Kier alpha value is -2.14. The Bertz CT molecular complexity index is 680. The van der Waals surface area contributed by atoms with Gasteiger partial charge < -0.3 is 10.2 Å². The lowest BCUT2D eigenvalue weighted by Gasteiger charge is -2.11. The first-order chi connectivity index (χ1) is 10.1. The van der Waals surface area contributed by atoms with Crippen LogP contribution in [0.25, 0.3) is 0 Å². The maximum absolute atomic E-state index is 11.9. The second kappa shape index (κ2) is 5.69. The van der Waals surface area contributed by atoms with Gasteiger partial charge in [0.25, 0.3) is 0 Å². The lowest BCUT2D eigenvalue weighted by Crippen LogP contribution is -2.24. The molecule has 1 aliphatic heterocycles. The van der Waals surface area contributed by atoms with Crippen molar-refractivity contribution in [3.63, 3.8) is 0 Å². The molecule has 0 fully saturated rings. The van der Waals surface area contributed by atoms with E-state index in [1.54, 1.807) is 23.3 Å². The highest BCUT2D eigenvalue weighted by Crippen LogP contribution is 2.28. The van der Waals surface area contributed by atoms with Crippen LogP contribution in [0, 0.1) is 0 Å². The molecule has 0 saturated heterocycles. The van der Waals surface area contributed by atoms with Crippen molar-refractivity contribution >= 4 is 28.8 Å². The summed E-state index contributed by atoms with van der Waals surface area (Å²) in [5, 5.41) is 4.89. The lowest BCUT2D eigenvalue weighted by molar-refractivity contribution is -0.120. The van der Waals surface area contributed by atoms with Gasteiger partial charge in [-0.3, -0.25) is 9.59 Å². The van der Waals surface area contributed by atoms with Gasteiger partial charge in [0.1, 0.15) is 0 Å². The Balaban J connectivity index is 1.60. The van der Waals surface area contributed by atoms with Gasteiger partial charge >= 0.3 is 0 Å². The molecule has 0 atom stereocenters. The van der Waals surface area contributed by atoms with Crippen molar-refractivity contribution in [2.45, 2.75) is 19.4 Å². The third kappa shape index (κ3) is 2.97. The number of nitrogens with zero attached hydrogens (tertiary/aromatic N) is 1. The number of thiophene rings is 1. The maximum atomic E-state index is 11.9. The van der Waals surface area contributed by atoms with Crippen molar-refractivity contribution < 1.29 is 9.59 Å². The molecular weight excluding hydrogens is 284 g/mol. The van der Waals surface area contributed by atoms with E-state index < -0.39 is 0 Å². The highest BCUT2D eigenvalue weighted by atomic mass is 32.1. The first-order valence-electron chi connectivity index (χ1n) is 6.81. The first kappa shape index (κ1) is 13.8. The molecule has 0 unspecified atom stereocenters. The van der Waals surface area contributed by atoms with Gasteiger partial charge in [-0.05, 0) is 28.6 Å². The van der Waals surface area contributed by atoms with Crippen LogP contribution in [0.3, 0.4) is 0 Å². The van der Waals surface area contributed by atoms with E-state index in [1.807, 2.05) is 35.7 Å². The summed E-state index contributed by atoms with van der Waals surface area (Å²) in [5.74, 6) is 0.134. The lowest BCUT2D eigenvalue weighted by atomic mass is 10.1. The number of fused-ring (bicyclic) bond motifs is 1. The molecule has 1 N–H and O–H groups in total. The zero-order chi connectivity index (χ0) is 14.8. The molecule has 2 heterocycles. The van der Waals surface area contributed by atoms with E-state index in [1.165, 1.54) is 0 Å². The highest BCUT2D eigenvalue weighted by Gasteiger charge is 2.23. The van der Waals surface area contributed by atoms with Crippen LogP contribution in [0.15, 0.2) is 35.7 Å². The van der Waals surface area contributed by atoms with Gasteiger partial charge in [-0.1, -0.05) is 18.2 Å². The predicted octanol–water partition coefficient (Wildman–Crippen LogP) is 2.13. The molecular formula is C16H16N2O2S. The quantitative estimate of drug-likeness (QED) is 0.940. The van der Waals surface area contributed by atoms with Crippen LogP contribution in [0.5, 0.6) is 0 Å². The van der Waals surface area contributed by atoms with Gasteiger partial charge in [-0.15, -0.1) is 11.3 Å². The van der Waals surface area contributed by atoms with Crippen molar-refractivity contribution in [3.05, 3.63) is 51.7 Å². The Morgan fingerprint density at radius 3 is 3.00 bits per heavy atom. The molecule has 5 heteroatoms. The van der Waals surface area contributed by atoms with Crippen LogP contribution >= 0.6 is 11.3 Å². The molecule has 1 aliphatic rings. The Morgan fingerprint density at radius 1 is 1.38 bits per heavy atom. The average molecular weight is 300 g/mol. The third-order valence-electron chi connectivity index (χ3n) is 3.63. The van der Waals surface area contributed by atoms with Gasteiger partial charge in [0.05, 0.1) is 12.8 Å². The molecule has 108 valence electrons. The van der Waals surface area contributed by atoms with E-state index in [0.29, 0.717) is 19.4 Å². The number of anilines is 1. The van der Waals surface area contributed by atoms with Crippen LogP contribution in [-0.4, -0.2) is 18.9 Å². The fraction of sp³-hybridized carbons (Fsp3) is 0.250. The van der Waals surface area contributed by atoms with Gasteiger partial charge in [0, 0.05) is 24.2 Å². The number of amides is 2. The van der Waals surface area contributed by atoms with Crippen molar-refractivity contribution in [1.29, 1.82) is 0 Å². The van der Waals surface area contributed by atoms with E-state index in [0.717, 1.165) is 21.7 Å². The minimum Gasteiger partial charge on any atom is -0.352 e. The molecule has 21 heavy (non-hydrogen) atoms. The highest BCUT2D eigenvalue weighted by molar-refractivity contribution is 7.10. The average Bonchev–Trinajstić information content (AvgIpc) is 3.06. The zero-order valence-electron chi connectivity index (χ0n) is 11.8. The maximum Gasteiger partial charge on any atom is 0.231 e. The second-order valence-electron chi connectivity index (χ2n) is 5.13. The number of benzene rings is 1. The topological polar surface area (TPSA) is 49.4 Å². The predicted molar refractivity (Wildman–Crippen MR) is 83.4 cm³/mol. The SMILES string of the molecule is CN1C(=O)Cc2cc(CNC(=O)Cc3cccs3)ccc21. The van der Waals surface area contributed by atoms with Crippen molar-refractivity contribution in [1.82, 2.24) is 5.32 Å². The van der Waals surface area contributed by atoms with E-state index >= 15 is 0 Å². The van der Waals surface area contributed by atoms with E-state index in [2.05, 4.69) is 5.32 Å². The van der Waals surface area contributed by atoms with Gasteiger partial charge in [-0.2, -0.15) is 0 Å². The van der Waals surface area contributed by atoms with E-state index in [4.69, 9.17) is 0 Å². The number of likely N-dealkylation sites (N-methyl/N-ethyl adjacent to an activating group) is 1. The minimum absolute atomic E-state index is 0.0196. The standard InChI is InChI=1S/C16H16N2O2S/c1-18-14-5-4-11(7-12(14)8-16(18)20)10-17-15(19)9-13-3-2-6-21-13/h2-7H,8-10H2,1H3,(H,17,19). The molecule has 2 amide bonds. The third-order valence-corrected chi connectivity index (χ3v) is 4.50. The smallest absolute Gasteiger partial charge is 0.231 e. The van der Waals surface area contributed by atoms with Gasteiger partial charge in [-0.25, -0.2) is 0 Å². The van der Waals surface area contributed by atoms with E-state index in [9.17, 15) is 9.59 Å². The number of rotatable bonds is 4. The van der Waals surface area contributed by atoms with E-state index in [-0.39, 0.29) is 11.8 Å². The summed E-state index contributed by atoms with van der Waals surface area (Å²) in [7, 11) is 1.79. The largest absolute Gasteiger partial charge is 0.352 e. The zero-order valence-corrected chi connectivity index (χ0v) is 12.6. The summed E-state index contributed by atoms with van der Waals surface area (Å²) in [5.41, 5.74) is 3.03. The van der Waals surface area contributed by atoms with Gasteiger partial charge in [0.15, 0.2) is 0 Å². The molecule has 1 aromatic heterocycles. The minimum atomic E-state index is 0.0196. The van der Waals surface area contributed by atoms with Crippen molar-refractivity contribution in [2.24, 2.45) is 0 Å². The molecule has 1 aromatic carbocycles. The summed E-state index contributed by atoms with van der Waals surface area (Å²) in [4.78, 5) is 26.2. The monoisotopic (exact) mass is 300 g/mol. The molecule has 2 aromatic rings. The normalized spacial score (nSPS) is 13.4. The number of hydrogen-bond acceptors (Lipinski definition) is 3. The molecule has 0 radical (unpaired) electrons. The molecule has 0 saturated carbocycles. The number of carbonyl (C=O) groups is 2. The van der Waals surface area contributed by atoms with Crippen molar-refractivity contribution in [2.75, 3.05) is 11.9 Å². The fourth-order valence-corrected chi connectivity index (χ4v) is 3.17.